The van der Waals surface area contributed by atoms with E-state index in [-0.39, 0.29) is 11.7 Å². The van der Waals surface area contributed by atoms with E-state index in [0.717, 1.165) is 16.5 Å². The number of fused-ring (bicyclic) bond motifs is 1. The van der Waals surface area contributed by atoms with Crippen molar-refractivity contribution in [2.45, 2.75) is 34.1 Å². The van der Waals surface area contributed by atoms with Crippen LogP contribution in [0.2, 0.25) is 0 Å². The monoisotopic (exact) mass is 358 g/mol. The van der Waals surface area contributed by atoms with Crippen molar-refractivity contribution in [3.05, 3.63) is 47.3 Å². The summed E-state index contributed by atoms with van der Waals surface area (Å²) in [5, 5.41) is 14.6. The standard InChI is InChI=1S/C15H16O3.C6H14N2/c1-4-11-9(2)14(17)12-7-5-6-8-13(12)15(11)18-10(3)16;1-6(5-7-2)8(3)4/h5-8,17H,4H2,1-3H3;5,7H,1-4H3/b;6-5+. The third-order valence-corrected chi connectivity index (χ3v) is 4.17. The average Bonchev–Trinajstić information content (AvgIpc) is 2.60. The highest BCUT2D eigenvalue weighted by atomic mass is 16.5. The molecule has 0 atom stereocenters. The molecule has 0 spiro atoms. The topological polar surface area (TPSA) is 61.8 Å². The number of nitrogens with zero attached hydrogens (tertiary/aromatic N) is 1. The van der Waals surface area contributed by atoms with E-state index in [9.17, 15) is 9.90 Å². The second-order valence-corrected chi connectivity index (χ2v) is 6.24. The molecule has 2 N–H and O–H groups in total. The fourth-order valence-electron chi connectivity index (χ4n) is 2.59. The first-order valence-electron chi connectivity index (χ1n) is 8.67. The van der Waals surface area contributed by atoms with Gasteiger partial charge in [-0.25, -0.2) is 0 Å². The van der Waals surface area contributed by atoms with Crippen molar-refractivity contribution < 1.29 is 14.6 Å². The average molecular weight is 358 g/mol. The number of hydrogen-bond acceptors (Lipinski definition) is 5. The lowest BCUT2D eigenvalue weighted by Crippen LogP contribution is -2.10. The second-order valence-electron chi connectivity index (χ2n) is 6.24. The lowest BCUT2D eigenvalue weighted by molar-refractivity contribution is -0.131. The summed E-state index contributed by atoms with van der Waals surface area (Å²) in [6, 6.07) is 7.39. The molecule has 0 unspecified atom stereocenters. The highest BCUT2D eigenvalue weighted by Crippen LogP contribution is 2.40. The fourth-order valence-corrected chi connectivity index (χ4v) is 2.59. The van der Waals surface area contributed by atoms with Crippen LogP contribution in [0.3, 0.4) is 0 Å². The van der Waals surface area contributed by atoms with Gasteiger partial charge in [0.05, 0.1) is 0 Å². The minimum absolute atomic E-state index is 0.262. The van der Waals surface area contributed by atoms with Crippen LogP contribution in [0.1, 0.15) is 31.9 Å². The number of ether oxygens (including phenoxy) is 1. The Bertz CT molecular complexity index is 795. The number of carbonyl (C=O) groups is 1. The maximum Gasteiger partial charge on any atom is 0.308 e. The maximum absolute atomic E-state index is 11.2. The van der Waals surface area contributed by atoms with Gasteiger partial charge < -0.3 is 20.1 Å². The molecule has 0 amide bonds. The van der Waals surface area contributed by atoms with Gasteiger partial charge in [-0.1, -0.05) is 31.2 Å². The van der Waals surface area contributed by atoms with E-state index >= 15 is 0 Å². The van der Waals surface area contributed by atoms with Crippen LogP contribution in [-0.2, 0) is 11.2 Å². The minimum Gasteiger partial charge on any atom is -0.507 e. The number of aromatic hydroxyl groups is 1. The molecule has 5 heteroatoms. The number of carbonyl (C=O) groups excluding carboxylic acids is 1. The van der Waals surface area contributed by atoms with Gasteiger partial charge in [0.15, 0.2) is 0 Å². The first-order valence-corrected chi connectivity index (χ1v) is 8.67. The smallest absolute Gasteiger partial charge is 0.308 e. The molecule has 0 fully saturated rings. The van der Waals surface area contributed by atoms with Gasteiger partial charge in [0.2, 0.25) is 0 Å². The lowest BCUT2D eigenvalue weighted by atomic mass is 9.97. The van der Waals surface area contributed by atoms with Crippen LogP contribution < -0.4 is 10.1 Å². The van der Waals surface area contributed by atoms with Crippen molar-refractivity contribution in [2.24, 2.45) is 0 Å². The minimum atomic E-state index is -0.347. The lowest BCUT2D eigenvalue weighted by Gasteiger charge is -2.16. The Morgan fingerprint density at radius 2 is 1.81 bits per heavy atom. The SMILES string of the molecule is CCc1c(C)c(O)c2ccccc2c1OC(C)=O.CN/C=C(\C)N(C)C. The van der Waals surface area contributed by atoms with E-state index in [1.807, 2.05) is 65.5 Å². The van der Waals surface area contributed by atoms with Crippen molar-refractivity contribution >= 4 is 16.7 Å². The summed E-state index contributed by atoms with van der Waals surface area (Å²) in [5.74, 6) is 0.481. The Hall–Kier alpha value is -2.69. The summed E-state index contributed by atoms with van der Waals surface area (Å²) >= 11 is 0. The van der Waals surface area contributed by atoms with Crippen LogP contribution in [0.25, 0.3) is 10.8 Å². The molecule has 0 saturated heterocycles. The molecule has 2 aromatic carbocycles. The maximum atomic E-state index is 11.2. The molecule has 0 aromatic heterocycles. The van der Waals surface area contributed by atoms with E-state index in [4.69, 9.17) is 4.74 Å². The number of phenolic OH excluding ortho intramolecular Hbond substituents is 1. The summed E-state index contributed by atoms with van der Waals surface area (Å²) in [7, 11) is 5.93. The zero-order valence-corrected chi connectivity index (χ0v) is 16.8. The predicted molar refractivity (Wildman–Crippen MR) is 108 cm³/mol. The van der Waals surface area contributed by atoms with Crippen LogP contribution in [0.15, 0.2) is 36.2 Å². The van der Waals surface area contributed by atoms with Gasteiger partial charge in [0.25, 0.3) is 0 Å². The highest BCUT2D eigenvalue weighted by Gasteiger charge is 2.17. The summed E-state index contributed by atoms with van der Waals surface area (Å²) in [5.41, 5.74) is 2.88. The first kappa shape index (κ1) is 21.4. The van der Waals surface area contributed by atoms with Gasteiger partial charge >= 0.3 is 5.97 Å². The molecule has 0 aliphatic rings. The third kappa shape index (κ3) is 5.15. The molecule has 5 nitrogen and oxygen atoms in total. The number of hydrogen-bond donors (Lipinski definition) is 2. The molecular weight excluding hydrogens is 328 g/mol. The number of benzene rings is 2. The number of phenols is 1. The van der Waals surface area contributed by atoms with Gasteiger partial charge in [-0.05, 0) is 25.8 Å². The number of rotatable bonds is 4. The quantitative estimate of drug-likeness (QED) is 0.640. The highest BCUT2D eigenvalue weighted by molar-refractivity contribution is 5.97. The zero-order valence-electron chi connectivity index (χ0n) is 16.8. The van der Waals surface area contributed by atoms with Crippen LogP contribution in [0.4, 0.5) is 0 Å². The van der Waals surface area contributed by atoms with Gasteiger partial charge in [0.1, 0.15) is 11.5 Å². The molecule has 0 radical (unpaired) electrons. The molecule has 0 bridgehead atoms. The Morgan fingerprint density at radius 3 is 2.23 bits per heavy atom. The second kappa shape index (κ2) is 9.70. The van der Waals surface area contributed by atoms with E-state index < -0.39 is 0 Å². The number of esters is 1. The summed E-state index contributed by atoms with van der Waals surface area (Å²) in [6.07, 6.45) is 2.66. The van der Waals surface area contributed by atoms with Crippen LogP contribution in [0.5, 0.6) is 11.5 Å². The molecule has 26 heavy (non-hydrogen) atoms. The van der Waals surface area contributed by atoms with Crippen molar-refractivity contribution in [3.63, 3.8) is 0 Å². The summed E-state index contributed by atoms with van der Waals surface area (Å²) in [4.78, 5) is 13.3. The summed E-state index contributed by atoms with van der Waals surface area (Å²) < 4.78 is 5.34. The largest absolute Gasteiger partial charge is 0.507 e. The molecule has 0 aliphatic heterocycles. The Kier molecular flexibility index (Phi) is 7.97. The molecule has 142 valence electrons. The van der Waals surface area contributed by atoms with Crippen molar-refractivity contribution in [1.29, 1.82) is 0 Å². The van der Waals surface area contributed by atoms with Crippen LogP contribution in [-0.4, -0.2) is 37.1 Å². The first-order chi connectivity index (χ1) is 12.2. The Labute approximate surface area is 156 Å². The molecule has 2 rings (SSSR count). The predicted octanol–water partition coefficient (Wildman–Crippen LogP) is 3.97. The van der Waals surface area contributed by atoms with Gasteiger partial charge in [-0.2, -0.15) is 0 Å². The van der Waals surface area contributed by atoms with E-state index in [1.54, 1.807) is 0 Å². The molecular formula is C21H30N2O3. The normalized spacial score (nSPS) is 10.8. The number of nitrogens with one attached hydrogen (secondary N) is 1. The molecule has 0 aliphatic carbocycles. The van der Waals surface area contributed by atoms with E-state index in [0.29, 0.717) is 17.6 Å². The van der Waals surface area contributed by atoms with E-state index in [1.165, 1.54) is 12.6 Å². The molecule has 2 aromatic rings. The Balaban J connectivity index is 0.000000359. The van der Waals surface area contributed by atoms with Crippen molar-refractivity contribution in [3.8, 4) is 11.5 Å². The number of allylic oxidation sites excluding steroid dienone is 1. The van der Waals surface area contributed by atoms with Crippen molar-refractivity contribution in [2.75, 3.05) is 21.1 Å². The van der Waals surface area contributed by atoms with Crippen LogP contribution >= 0.6 is 0 Å². The van der Waals surface area contributed by atoms with Crippen LogP contribution in [0, 0.1) is 6.92 Å². The van der Waals surface area contributed by atoms with Gasteiger partial charge in [-0.15, -0.1) is 0 Å². The van der Waals surface area contributed by atoms with E-state index in [2.05, 4.69) is 17.1 Å². The summed E-state index contributed by atoms with van der Waals surface area (Å²) in [6.45, 7) is 7.25. The molecule has 0 heterocycles. The van der Waals surface area contributed by atoms with Gasteiger partial charge in [-0.3, -0.25) is 4.79 Å². The van der Waals surface area contributed by atoms with Gasteiger partial charge in [0, 0.05) is 56.3 Å². The zero-order chi connectivity index (χ0) is 19.9. The fraction of sp³-hybridized carbons (Fsp3) is 0.381. The van der Waals surface area contributed by atoms with Crippen molar-refractivity contribution in [1.82, 2.24) is 10.2 Å². The third-order valence-electron chi connectivity index (χ3n) is 4.17. The Morgan fingerprint density at radius 1 is 1.23 bits per heavy atom. The molecule has 0 saturated carbocycles.